The number of aromatic amines is 1. The smallest absolute Gasteiger partial charge is 0.222 e. The summed E-state index contributed by atoms with van der Waals surface area (Å²) in [5.41, 5.74) is 0. The van der Waals surface area contributed by atoms with E-state index in [2.05, 4.69) is 30.9 Å². The predicted molar refractivity (Wildman–Crippen MR) is 52.9 cm³/mol. The summed E-state index contributed by atoms with van der Waals surface area (Å²) in [6.45, 7) is 0.900. The van der Waals surface area contributed by atoms with Gasteiger partial charge >= 0.3 is 0 Å². The maximum absolute atomic E-state index is 11.4. The second kappa shape index (κ2) is 5.01. The van der Waals surface area contributed by atoms with Crippen LogP contribution in [0, 0.1) is 0 Å². The molecule has 0 unspecified atom stereocenters. The molecule has 8 nitrogen and oxygen atoms in total. The van der Waals surface area contributed by atoms with Gasteiger partial charge in [0.05, 0.1) is 12.9 Å². The maximum atomic E-state index is 11.4. The van der Waals surface area contributed by atoms with E-state index in [-0.39, 0.29) is 5.91 Å². The summed E-state index contributed by atoms with van der Waals surface area (Å²) >= 11 is 0. The number of tetrazole rings is 1. The van der Waals surface area contributed by atoms with Gasteiger partial charge in [-0.05, 0) is 0 Å². The van der Waals surface area contributed by atoms with Crippen LogP contribution in [0.3, 0.4) is 0 Å². The van der Waals surface area contributed by atoms with Crippen LogP contribution in [0.5, 0.6) is 0 Å². The summed E-state index contributed by atoms with van der Waals surface area (Å²) in [7, 11) is 0. The highest BCUT2D eigenvalue weighted by Crippen LogP contribution is 1.91. The van der Waals surface area contributed by atoms with Gasteiger partial charge in [-0.2, -0.15) is 5.21 Å². The molecule has 0 fully saturated rings. The van der Waals surface area contributed by atoms with Crippen molar-refractivity contribution in [1.29, 1.82) is 0 Å². The lowest BCUT2D eigenvalue weighted by Gasteiger charge is -2.02. The minimum atomic E-state index is -0.0569. The summed E-state index contributed by atoms with van der Waals surface area (Å²) in [6, 6.07) is 0. The standard InChI is InChI=1S/C8H11N7O/c16-8(1-3-15-4-2-9-6-15)10-5-7-11-13-14-12-7/h2,4,6H,1,3,5H2,(H,10,16)(H,11,12,13,14). The molecule has 2 aromatic heterocycles. The minimum Gasteiger partial charge on any atom is -0.349 e. The van der Waals surface area contributed by atoms with Crippen LogP contribution in [-0.4, -0.2) is 36.1 Å². The van der Waals surface area contributed by atoms with Gasteiger partial charge in [0.15, 0.2) is 5.82 Å². The first-order valence-electron chi connectivity index (χ1n) is 4.79. The third-order valence-electron chi connectivity index (χ3n) is 1.99. The highest BCUT2D eigenvalue weighted by Gasteiger charge is 2.03. The molecule has 0 spiro atoms. The Labute approximate surface area is 91.1 Å². The average Bonchev–Trinajstić information content (AvgIpc) is 2.96. The molecule has 0 radical (unpaired) electrons. The van der Waals surface area contributed by atoms with Crippen LogP contribution < -0.4 is 5.32 Å². The predicted octanol–water partition coefficient (Wildman–Crippen LogP) is -0.897. The van der Waals surface area contributed by atoms with Crippen LogP contribution >= 0.6 is 0 Å². The third kappa shape index (κ3) is 2.87. The van der Waals surface area contributed by atoms with Crippen molar-refractivity contribution in [1.82, 2.24) is 35.5 Å². The van der Waals surface area contributed by atoms with Crippen molar-refractivity contribution in [3.8, 4) is 0 Å². The molecule has 1 amide bonds. The van der Waals surface area contributed by atoms with Gasteiger partial charge in [-0.15, -0.1) is 10.2 Å². The van der Waals surface area contributed by atoms with E-state index in [0.717, 1.165) is 0 Å². The van der Waals surface area contributed by atoms with Crippen LogP contribution in [0.4, 0.5) is 0 Å². The van der Waals surface area contributed by atoms with Crippen molar-refractivity contribution in [2.45, 2.75) is 19.5 Å². The maximum Gasteiger partial charge on any atom is 0.222 e. The number of imidazole rings is 1. The summed E-state index contributed by atoms with van der Waals surface area (Å²) in [5, 5.41) is 15.8. The lowest BCUT2D eigenvalue weighted by atomic mass is 10.4. The zero-order valence-electron chi connectivity index (χ0n) is 8.50. The summed E-state index contributed by atoms with van der Waals surface area (Å²) < 4.78 is 1.84. The molecule has 2 N–H and O–H groups in total. The van der Waals surface area contributed by atoms with Crippen molar-refractivity contribution in [2.75, 3.05) is 0 Å². The fourth-order valence-electron chi connectivity index (χ4n) is 1.17. The number of aryl methyl sites for hydroxylation is 1. The number of amides is 1. The normalized spacial score (nSPS) is 10.2. The molecular weight excluding hydrogens is 210 g/mol. The molecular formula is C8H11N7O. The van der Waals surface area contributed by atoms with Gasteiger partial charge in [-0.25, -0.2) is 4.98 Å². The zero-order chi connectivity index (χ0) is 11.2. The van der Waals surface area contributed by atoms with E-state index in [9.17, 15) is 4.79 Å². The van der Waals surface area contributed by atoms with Crippen LogP contribution in [0.15, 0.2) is 18.7 Å². The molecule has 0 saturated heterocycles. The Hall–Kier alpha value is -2.25. The van der Waals surface area contributed by atoms with Crippen LogP contribution in [0.1, 0.15) is 12.2 Å². The molecule has 84 valence electrons. The molecule has 0 aromatic carbocycles. The fraction of sp³-hybridized carbons (Fsp3) is 0.375. The minimum absolute atomic E-state index is 0.0569. The number of carbonyl (C=O) groups is 1. The number of rotatable bonds is 5. The van der Waals surface area contributed by atoms with Crippen molar-refractivity contribution in [2.24, 2.45) is 0 Å². The third-order valence-corrected chi connectivity index (χ3v) is 1.99. The van der Waals surface area contributed by atoms with Gasteiger partial charge in [-0.3, -0.25) is 4.79 Å². The van der Waals surface area contributed by atoms with Crippen LogP contribution in [0.25, 0.3) is 0 Å². The van der Waals surface area contributed by atoms with Gasteiger partial charge in [0.1, 0.15) is 0 Å². The first kappa shape index (κ1) is 10.3. The molecule has 8 heteroatoms. The van der Waals surface area contributed by atoms with Crippen LogP contribution in [0.2, 0.25) is 0 Å². The second-order valence-corrected chi connectivity index (χ2v) is 3.16. The van der Waals surface area contributed by atoms with E-state index in [4.69, 9.17) is 0 Å². The van der Waals surface area contributed by atoms with Crippen molar-refractivity contribution >= 4 is 5.91 Å². The quantitative estimate of drug-likeness (QED) is 0.681. The highest BCUT2D eigenvalue weighted by molar-refractivity contribution is 5.75. The molecule has 0 bridgehead atoms. The Morgan fingerprint density at radius 2 is 2.50 bits per heavy atom. The Balaban J connectivity index is 1.69. The second-order valence-electron chi connectivity index (χ2n) is 3.16. The van der Waals surface area contributed by atoms with E-state index in [1.165, 1.54) is 0 Å². The van der Waals surface area contributed by atoms with E-state index in [0.29, 0.717) is 25.3 Å². The molecule has 2 aromatic rings. The molecule has 0 atom stereocenters. The molecule has 0 aliphatic carbocycles. The lowest BCUT2D eigenvalue weighted by Crippen LogP contribution is -2.24. The van der Waals surface area contributed by atoms with Gasteiger partial charge in [-0.1, -0.05) is 5.21 Å². The molecule has 2 rings (SSSR count). The molecule has 0 aliphatic heterocycles. The zero-order valence-corrected chi connectivity index (χ0v) is 8.50. The van der Waals surface area contributed by atoms with Crippen molar-refractivity contribution in [3.05, 3.63) is 24.5 Å². The Morgan fingerprint density at radius 1 is 1.56 bits per heavy atom. The number of aromatic nitrogens is 6. The van der Waals surface area contributed by atoms with Gasteiger partial charge in [0.2, 0.25) is 5.91 Å². The van der Waals surface area contributed by atoms with E-state index in [1.807, 2.05) is 10.8 Å². The van der Waals surface area contributed by atoms with Gasteiger partial charge in [0, 0.05) is 25.4 Å². The molecule has 0 saturated carbocycles. The SMILES string of the molecule is O=C(CCn1ccnc1)NCc1nn[nH]n1. The fourth-order valence-corrected chi connectivity index (χ4v) is 1.17. The molecule has 16 heavy (non-hydrogen) atoms. The van der Waals surface area contributed by atoms with E-state index >= 15 is 0 Å². The first-order chi connectivity index (χ1) is 7.84. The first-order valence-corrected chi connectivity index (χ1v) is 4.79. The van der Waals surface area contributed by atoms with E-state index < -0.39 is 0 Å². The van der Waals surface area contributed by atoms with Gasteiger partial charge in [0.25, 0.3) is 0 Å². The number of nitrogens with zero attached hydrogens (tertiary/aromatic N) is 5. The Kier molecular flexibility index (Phi) is 3.22. The summed E-state index contributed by atoms with van der Waals surface area (Å²) in [5.74, 6) is 0.412. The van der Waals surface area contributed by atoms with Crippen LogP contribution in [-0.2, 0) is 17.9 Å². The summed E-state index contributed by atoms with van der Waals surface area (Å²) in [6.07, 6.45) is 5.56. The Bertz CT molecular complexity index is 381. The number of hydrogen-bond donors (Lipinski definition) is 2. The lowest BCUT2D eigenvalue weighted by molar-refractivity contribution is -0.121. The average molecular weight is 221 g/mol. The topological polar surface area (TPSA) is 101 Å². The number of carbonyl (C=O) groups excluding carboxylic acids is 1. The number of nitrogens with one attached hydrogen (secondary N) is 2. The van der Waals surface area contributed by atoms with E-state index in [1.54, 1.807) is 12.5 Å². The molecule has 2 heterocycles. The van der Waals surface area contributed by atoms with Crippen molar-refractivity contribution < 1.29 is 4.79 Å². The monoisotopic (exact) mass is 221 g/mol. The molecule has 0 aliphatic rings. The van der Waals surface area contributed by atoms with Crippen molar-refractivity contribution in [3.63, 3.8) is 0 Å². The highest BCUT2D eigenvalue weighted by atomic mass is 16.1. The number of H-pyrrole nitrogens is 1. The number of hydrogen-bond acceptors (Lipinski definition) is 5. The van der Waals surface area contributed by atoms with Gasteiger partial charge < -0.3 is 9.88 Å². The Morgan fingerprint density at radius 3 is 3.19 bits per heavy atom. The largest absolute Gasteiger partial charge is 0.349 e. The summed E-state index contributed by atoms with van der Waals surface area (Å²) in [4.78, 5) is 15.3.